The molecule has 3 heterocycles. The number of carbonyl (C=O) groups is 1. The molecular formula is C36H49ClN4O7. The highest BCUT2D eigenvalue weighted by Crippen LogP contribution is 2.50. The SMILES string of the molecule is CCCCC1(Cl)C(c2ccccc2)=CC=CC1(COc1nc(OC)c(CN2CCC[C@H]2C(=O)O)c(OC)n1)OCCCN1CCOCC1. The van der Waals surface area contributed by atoms with E-state index in [0.717, 1.165) is 69.7 Å². The van der Waals surface area contributed by atoms with Gasteiger partial charge in [0, 0.05) is 32.8 Å². The molecule has 262 valence electrons. The molecule has 2 saturated heterocycles. The summed E-state index contributed by atoms with van der Waals surface area (Å²) in [4.78, 5) is 24.4. The number of unbranched alkanes of at least 4 members (excludes halogenated alkanes) is 1. The number of methoxy groups -OCH3 is 2. The van der Waals surface area contributed by atoms with E-state index in [-0.39, 0.29) is 30.9 Å². The van der Waals surface area contributed by atoms with Crippen LogP contribution in [0.1, 0.15) is 56.6 Å². The van der Waals surface area contributed by atoms with E-state index in [4.69, 9.17) is 35.3 Å². The predicted octanol–water partition coefficient (Wildman–Crippen LogP) is 5.22. The van der Waals surface area contributed by atoms with Crippen LogP contribution in [0.15, 0.2) is 48.6 Å². The number of halogens is 1. The molecule has 0 radical (unpaired) electrons. The van der Waals surface area contributed by atoms with Gasteiger partial charge in [0.25, 0.3) is 0 Å². The molecule has 1 aromatic carbocycles. The molecule has 5 rings (SSSR count). The zero-order valence-corrected chi connectivity index (χ0v) is 29.1. The number of nitrogens with zero attached hydrogens (tertiary/aromatic N) is 4. The standard InChI is InChI=1S/C36H49ClN4O7/c1-4-5-17-36(37)29(27-12-7-6-8-13-27)14-9-16-35(36,48-22-11-18-40-20-23-46-24-21-40)26-47-34-38-31(44-2)28(32(39-34)45-3)25-41-19-10-15-30(41)33(42)43/h6-9,12-14,16,30H,4-5,10-11,15,17-26H2,1-3H3,(H,42,43)/t30-,35?,36?/m0/s1. The second-order valence-electron chi connectivity index (χ2n) is 12.5. The molecular weight excluding hydrogens is 636 g/mol. The van der Waals surface area contributed by atoms with E-state index in [9.17, 15) is 9.90 Å². The van der Waals surface area contributed by atoms with Gasteiger partial charge in [-0.15, -0.1) is 11.6 Å². The van der Waals surface area contributed by atoms with Crippen molar-refractivity contribution in [3.8, 4) is 17.8 Å². The third kappa shape index (κ3) is 8.14. The van der Waals surface area contributed by atoms with Crippen LogP contribution in [0.3, 0.4) is 0 Å². The molecule has 2 unspecified atom stereocenters. The first-order chi connectivity index (χ1) is 23.3. The van der Waals surface area contributed by atoms with Crippen molar-refractivity contribution in [3.05, 3.63) is 59.7 Å². The second kappa shape index (κ2) is 16.9. The van der Waals surface area contributed by atoms with Crippen molar-refractivity contribution in [1.29, 1.82) is 0 Å². The Morgan fingerprint density at radius 2 is 1.81 bits per heavy atom. The minimum Gasteiger partial charge on any atom is -0.481 e. The quantitative estimate of drug-likeness (QED) is 0.175. The van der Waals surface area contributed by atoms with Gasteiger partial charge in [-0.05, 0) is 49.4 Å². The molecule has 1 N–H and O–H groups in total. The minimum atomic E-state index is -1.05. The fraction of sp³-hybridized carbons (Fsp3) is 0.583. The Morgan fingerprint density at radius 3 is 2.48 bits per heavy atom. The largest absolute Gasteiger partial charge is 0.481 e. The van der Waals surface area contributed by atoms with E-state index >= 15 is 0 Å². The monoisotopic (exact) mass is 684 g/mol. The molecule has 2 fully saturated rings. The Kier molecular flexibility index (Phi) is 12.7. The molecule has 0 saturated carbocycles. The van der Waals surface area contributed by atoms with Crippen LogP contribution < -0.4 is 14.2 Å². The third-order valence-electron chi connectivity index (χ3n) is 9.49. The molecule has 48 heavy (non-hydrogen) atoms. The van der Waals surface area contributed by atoms with E-state index in [2.05, 4.69) is 40.0 Å². The minimum absolute atomic E-state index is 0.0390. The molecule has 3 aliphatic rings. The van der Waals surface area contributed by atoms with Gasteiger partial charge in [0.15, 0.2) is 0 Å². The smallest absolute Gasteiger partial charge is 0.323 e. The highest BCUT2D eigenvalue weighted by molar-refractivity contribution is 6.32. The van der Waals surface area contributed by atoms with Crippen molar-refractivity contribution in [3.63, 3.8) is 0 Å². The highest BCUT2D eigenvalue weighted by atomic mass is 35.5. The number of allylic oxidation sites excluding steroid dienone is 2. The van der Waals surface area contributed by atoms with Crippen LogP contribution in [0, 0.1) is 0 Å². The summed E-state index contributed by atoms with van der Waals surface area (Å²) in [6.45, 7) is 7.80. The topological polar surface area (TPSA) is 116 Å². The molecule has 2 aliphatic heterocycles. The van der Waals surface area contributed by atoms with Gasteiger partial charge in [-0.25, -0.2) is 0 Å². The highest BCUT2D eigenvalue weighted by Gasteiger charge is 2.54. The molecule has 0 bridgehead atoms. The zero-order valence-electron chi connectivity index (χ0n) is 28.4. The van der Waals surface area contributed by atoms with Gasteiger partial charge in [-0.3, -0.25) is 14.6 Å². The van der Waals surface area contributed by atoms with E-state index in [1.165, 1.54) is 14.2 Å². The van der Waals surface area contributed by atoms with Crippen molar-refractivity contribution in [2.24, 2.45) is 0 Å². The summed E-state index contributed by atoms with van der Waals surface area (Å²) in [7, 11) is 3.03. The van der Waals surface area contributed by atoms with E-state index < -0.39 is 22.5 Å². The summed E-state index contributed by atoms with van der Waals surface area (Å²) in [5.41, 5.74) is 1.51. The number of benzene rings is 1. The zero-order chi connectivity index (χ0) is 34.0. The number of likely N-dealkylation sites (tertiary alicyclic amines) is 1. The van der Waals surface area contributed by atoms with Crippen LogP contribution in [-0.2, 0) is 20.8 Å². The lowest BCUT2D eigenvalue weighted by Crippen LogP contribution is -2.57. The maximum Gasteiger partial charge on any atom is 0.323 e. The van der Waals surface area contributed by atoms with Crippen molar-refractivity contribution >= 4 is 23.1 Å². The summed E-state index contributed by atoms with van der Waals surface area (Å²) in [6.07, 6.45) is 10.8. The van der Waals surface area contributed by atoms with Crippen molar-refractivity contribution in [1.82, 2.24) is 19.8 Å². The van der Waals surface area contributed by atoms with Gasteiger partial charge in [0.2, 0.25) is 11.8 Å². The molecule has 2 aromatic rings. The second-order valence-corrected chi connectivity index (χ2v) is 13.2. The van der Waals surface area contributed by atoms with Crippen molar-refractivity contribution < 1.29 is 33.6 Å². The van der Waals surface area contributed by atoms with Gasteiger partial charge in [-0.1, -0.05) is 62.2 Å². The van der Waals surface area contributed by atoms with Crippen LogP contribution in [0.5, 0.6) is 17.8 Å². The number of morpholine rings is 1. The number of aliphatic carboxylic acids is 1. The van der Waals surface area contributed by atoms with Crippen LogP contribution in [0.2, 0.25) is 0 Å². The number of alkyl halides is 1. The van der Waals surface area contributed by atoms with E-state index in [1.54, 1.807) is 0 Å². The fourth-order valence-corrected chi connectivity index (χ4v) is 7.35. The number of ether oxygens (including phenoxy) is 5. The van der Waals surface area contributed by atoms with Gasteiger partial charge < -0.3 is 28.8 Å². The maximum absolute atomic E-state index is 11.8. The molecule has 11 nitrogen and oxygen atoms in total. The average Bonchev–Trinajstić information content (AvgIpc) is 3.59. The van der Waals surface area contributed by atoms with Gasteiger partial charge in [0.05, 0.1) is 33.0 Å². The first-order valence-electron chi connectivity index (χ1n) is 17.0. The Bertz CT molecular complexity index is 1400. The molecule has 12 heteroatoms. The number of carboxylic acid groups (broad SMARTS) is 1. The lowest BCUT2D eigenvalue weighted by atomic mass is 9.72. The number of rotatable bonds is 17. The Labute approximate surface area is 288 Å². The Balaban J connectivity index is 1.43. The fourth-order valence-electron chi connectivity index (χ4n) is 6.87. The average molecular weight is 685 g/mol. The molecule has 1 aromatic heterocycles. The Hall–Kier alpha value is -3.22. The number of hydrogen-bond acceptors (Lipinski definition) is 10. The summed E-state index contributed by atoms with van der Waals surface area (Å²) in [6, 6.07) is 9.65. The predicted molar refractivity (Wildman–Crippen MR) is 184 cm³/mol. The first kappa shape index (κ1) is 36.1. The molecule has 3 atom stereocenters. The summed E-state index contributed by atoms with van der Waals surface area (Å²) in [5, 5.41) is 9.71. The molecule has 0 amide bonds. The van der Waals surface area contributed by atoms with Crippen LogP contribution in [-0.4, -0.2) is 114 Å². The van der Waals surface area contributed by atoms with Gasteiger partial charge in [-0.2, -0.15) is 9.97 Å². The van der Waals surface area contributed by atoms with Gasteiger partial charge >= 0.3 is 12.0 Å². The van der Waals surface area contributed by atoms with E-state index in [0.29, 0.717) is 31.6 Å². The summed E-state index contributed by atoms with van der Waals surface area (Å²) in [5.74, 6) is -0.320. The number of carboxylic acids is 1. The van der Waals surface area contributed by atoms with Crippen molar-refractivity contribution in [2.75, 3.05) is 66.8 Å². The lowest BCUT2D eigenvalue weighted by Gasteiger charge is -2.47. The first-order valence-corrected chi connectivity index (χ1v) is 17.4. The lowest BCUT2D eigenvalue weighted by molar-refractivity contribution is -0.142. The van der Waals surface area contributed by atoms with E-state index in [1.807, 2.05) is 35.3 Å². The Morgan fingerprint density at radius 1 is 1.08 bits per heavy atom. The maximum atomic E-state index is 11.8. The number of aromatic nitrogens is 2. The normalized spacial score (nSPS) is 24.8. The van der Waals surface area contributed by atoms with Crippen LogP contribution in [0.4, 0.5) is 0 Å². The third-order valence-corrected chi connectivity index (χ3v) is 10.2. The molecule has 0 spiro atoms. The van der Waals surface area contributed by atoms with Crippen molar-refractivity contribution in [2.45, 2.75) is 68.5 Å². The summed E-state index contributed by atoms with van der Waals surface area (Å²) >= 11 is 7.85. The molecule has 1 aliphatic carbocycles. The number of hydrogen-bond donors (Lipinski definition) is 1. The van der Waals surface area contributed by atoms with Crippen LogP contribution >= 0.6 is 11.6 Å². The summed E-state index contributed by atoms with van der Waals surface area (Å²) < 4.78 is 30.2. The van der Waals surface area contributed by atoms with Crippen LogP contribution in [0.25, 0.3) is 5.57 Å². The van der Waals surface area contributed by atoms with Gasteiger partial charge in [0.1, 0.15) is 23.1 Å².